The second-order valence-corrected chi connectivity index (χ2v) is 5.95. The number of nitrogens with two attached hydrogens (primary N) is 1. The Morgan fingerprint density at radius 3 is 2.21 bits per heavy atom. The Balaban J connectivity index is 4.63. The van der Waals surface area contributed by atoms with Gasteiger partial charge in [0.2, 0.25) is 11.8 Å². The van der Waals surface area contributed by atoms with Crippen LogP contribution in [0.2, 0.25) is 0 Å². The van der Waals surface area contributed by atoms with Gasteiger partial charge < -0.3 is 16.0 Å². The Morgan fingerprint density at radius 2 is 1.79 bits per heavy atom. The van der Waals surface area contributed by atoms with E-state index in [-0.39, 0.29) is 23.8 Å². The molecule has 0 aliphatic rings. The van der Waals surface area contributed by atoms with Crippen molar-refractivity contribution in [3.05, 3.63) is 0 Å². The largest absolute Gasteiger partial charge is 0.355 e. The van der Waals surface area contributed by atoms with Crippen LogP contribution in [0.25, 0.3) is 0 Å². The van der Waals surface area contributed by atoms with Gasteiger partial charge in [-0.3, -0.25) is 9.59 Å². The summed E-state index contributed by atoms with van der Waals surface area (Å²) in [7, 11) is 0. The highest BCUT2D eigenvalue weighted by molar-refractivity contribution is 5.87. The molecule has 0 unspecified atom stereocenters. The van der Waals surface area contributed by atoms with Gasteiger partial charge in [0.25, 0.3) is 0 Å². The van der Waals surface area contributed by atoms with Crippen molar-refractivity contribution in [3.8, 4) is 0 Å². The molecular weight excluding hydrogens is 242 g/mol. The van der Waals surface area contributed by atoms with E-state index in [1.165, 1.54) is 0 Å². The van der Waals surface area contributed by atoms with E-state index in [4.69, 9.17) is 5.73 Å². The minimum Gasteiger partial charge on any atom is -0.355 e. The minimum absolute atomic E-state index is 0.0937. The molecule has 0 saturated carbocycles. The molecule has 112 valence electrons. The molecule has 2 amide bonds. The lowest BCUT2D eigenvalue weighted by molar-refractivity contribution is -0.139. The number of rotatable bonds is 7. The molecule has 0 aromatic heterocycles. The van der Waals surface area contributed by atoms with Crippen molar-refractivity contribution in [3.63, 3.8) is 0 Å². The number of carbonyl (C=O) groups is 2. The first-order valence-corrected chi connectivity index (χ1v) is 7.05. The molecule has 3 N–H and O–H groups in total. The van der Waals surface area contributed by atoms with Crippen LogP contribution in [0.5, 0.6) is 0 Å². The maximum atomic E-state index is 12.3. The van der Waals surface area contributed by atoms with Crippen molar-refractivity contribution in [2.45, 2.75) is 53.5 Å². The molecule has 0 bridgehead atoms. The molecule has 0 aliphatic carbocycles. The molecule has 0 aromatic rings. The van der Waals surface area contributed by atoms with Crippen LogP contribution in [0, 0.1) is 5.41 Å². The summed E-state index contributed by atoms with van der Waals surface area (Å²) in [5, 5.41) is 2.78. The topological polar surface area (TPSA) is 75.4 Å². The Hall–Kier alpha value is -1.10. The molecule has 1 atom stereocenters. The molecule has 0 heterocycles. The number of nitrogens with zero attached hydrogens (tertiary/aromatic N) is 1. The summed E-state index contributed by atoms with van der Waals surface area (Å²) in [5.74, 6) is -0.272. The van der Waals surface area contributed by atoms with Gasteiger partial charge in [0.1, 0.15) is 0 Å². The SMILES string of the molecule is CCCNC(=O)CN(CCC)C(=O)[C@H](N)C(C)(C)C. The smallest absolute Gasteiger partial charge is 0.240 e. The summed E-state index contributed by atoms with van der Waals surface area (Å²) in [6.45, 7) is 11.0. The number of hydrogen-bond acceptors (Lipinski definition) is 3. The van der Waals surface area contributed by atoms with Crippen LogP contribution in [-0.4, -0.2) is 42.4 Å². The fourth-order valence-electron chi connectivity index (χ4n) is 1.60. The summed E-state index contributed by atoms with van der Waals surface area (Å²) in [5.41, 5.74) is 5.68. The van der Waals surface area contributed by atoms with Crippen LogP contribution in [0.1, 0.15) is 47.5 Å². The van der Waals surface area contributed by atoms with E-state index in [0.29, 0.717) is 13.1 Å². The summed E-state index contributed by atoms with van der Waals surface area (Å²) >= 11 is 0. The van der Waals surface area contributed by atoms with E-state index in [0.717, 1.165) is 12.8 Å². The number of hydrogen-bond donors (Lipinski definition) is 2. The van der Waals surface area contributed by atoms with Crippen LogP contribution in [0.4, 0.5) is 0 Å². The molecule has 0 fully saturated rings. The molecule has 0 radical (unpaired) electrons. The highest BCUT2D eigenvalue weighted by atomic mass is 16.2. The monoisotopic (exact) mass is 271 g/mol. The zero-order valence-electron chi connectivity index (χ0n) is 13.0. The second kappa shape index (κ2) is 8.15. The first-order chi connectivity index (χ1) is 8.73. The summed E-state index contributed by atoms with van der Waals surface area (Å²) in [6, 6.07) is -0.585. The Morgan fingerprint density at radius 1 is 1.21 bits per heavy atom. The second-order valence-electron chi connectivity index (χ2n) is 5.95. The normalized spacial score (nSPS) is 12.9. The predicted octanol–water partition coefficient (Wildman–Crippen LogP) is 1.12. The van der Waals surface area contributed by atoms with Crippen LogP contribution in [-0.2, 0) is 9.59 Å². The van der Waals surface area contributed by atoms with Crippen molar-refractivity contribution in [1.82, 2.24) is 10.2 Å². The van der Waals surface area contributed by atoms with Crippen molar-refractivity contribution in [1.29, 1.82) is 0 Å². The van der Waals surface area contributed by atoms with Crippen LogP contribution in [0.15, 0.2) is 0 Å². The van der Waals surface area contributed by atoms with Crippen LogP contribution < -0.4 is 11.1 Å². The molecule has 0 aliphatic heterocycles. The zero-order valence-corrected chi connectivity index (χ0v) is 13.0. The van der Waals surface area contributed by atoms with E-state index in [9.17, 15) is 9.59 Å². The third-order valence-electron chi connectivity index (χ3n) is 2.91. The lowest BCUT2D eigenvalue weighted by Gasteiger charge is -2.31. The van der Waals surface area contributed by atoms with Gasteiger partial charge in [-0.25, -0.2) is 0 Å². The minimum atomic E-state index is -0.585. The number of amides is 2. The quantitative estimate of drug-likeness (QED) is 0.728. The van der Waals surface area contributed by atoms with Crippen molar-refractivity contribution < 1.29 is 9.59 Å². The number of carbonyl (C=O) groups excluding carboxylic acids is 2. The molecule has 0 aromatic carbocycles. The first-order valence-electron chi connectivity index (χ1n) is 7.05. The van der Waals surface area contributed by atoms with Gasteiger partial charge in [0.15, 0.2) is 0 Å². The van der Waals surface area contributed by atoms with Crippen molar-refractivity contribution in [2.75, 3.05) is 19.6 Å². The van der Waals surface area contributed by atoms with Gasteiger partial charge in [-0.15, -0.1) is 0 Å². The van der Waals surface area contributed by atoms with Crippen LogP contribution >= 0.6 is 0 Å². The average molecular weight is 271 g/mol. The molecule has 0 spiro atoms. The highest BCUT2D eigenvalue weighted by Gasteiger charge is 2.31. The molecule has 5 heteroatoms. The van der Waals surface area contributed by atoms with Gasteiger partial charge in [-0.1, -0.05) is 34.6 Å². The third kappa shape index (κ3) is 6.57. The number of nitrogens with one attached hydrogen (secondary N) is 1. The average Bonchev–Trinajstić information content (AvgIpc) is 2.32. The highest BCUT2D eigenvalue weighted by Crippen LogP contribution is 2.19. The standard InChI is InChI=1S/C14H29N3O2/c1-6-8-16-11(18)10-17(9-7-2)13(19)12(15)14(3,4)5/h12H,6-10,15H2,1-5H3,(H,16,18)/t12-/m0/s1. The third-order valence-corrected chi connectivity index (χ3v) is 2.91. The summed E-state index contributed by atoms with van der Waals surface area (Å²) in [4.78, 5) is 25.6. The first kappa shape index (κ1) is 17.9. The lowest BCUT2D eigenvalue weighted by Crippen LogP contribution is -2.52. The molecule has 0 rings (SSSR count). The molecule has 19 heavy (non-hydrogen) atoms. The van der Waals surface area contributed by atoms with E-state index >= 15 is 0 Å². The summed E-state index contributed by atoms with van der Waals surface area (Å²) in [6.07, 6.45) is 1.69. The Bertz CT molecular complexity index is 298. The Kier molecular flexibility index (Phi) is 7.68. The Labute approximate surface area is 116 Å². The fraction of sp³-hybridized carbons (Fsp3) is 0.857. The maximum Gasteiger partial charge on any atom is 0.240 e. The zero-order chi connectivity index (χ0) is 15.1. The van der Waals surface area contributed by atoms with Gasteiger partial charge >= 0.3 is 0 Å². The molecule has 5 nitrogen and oxygen atoms in total. The van der Waals surface area contributed by atoms with Gasteiger partial charge in [-0.2, -0.15) is 0 Å². The van der Waals surface area contributed by atoms with E-state index < -0.39 is 6.04 Å². The lowest BCUT2D eigenvalue weighted by atomic mass is 9.86. The van der Waals surface area contributed by atoms with Gasteiger partial charge in [0, 0.05) is 13.1 Å². The molecule has 0 saturated heterocycles. The van der Waals surface area contributed by atoms with E-state index in [2.05, 4.69) is 5.32 Å². The maximum absolute atomic E-state index is 12.3. The predicted molar refractivity (Wildman–Crippen MR) is 77.6 cm³/mol. The van der Waals surface area contributed by atoms with Gasteiger partial charge in [-0.05, 0) is 18.3 Å². The van der Waals surface area contributed by atoms with E-state index in [1.54, 1.807) is 4.90 Å². The van der Waals surface area contributed by atoms with Crippen molar-refractivity contribution >= 4 is 11.8 Å². The summed E-state index contributed by atoms with van der Waals surface area (Å²) < 4.78 is 0. The van der Waals surface area contributed by atoms with Crippen LogP contribution in [0.3, 0.4) is 0 Å². The van der Waals surface area contributed by atoms with Crippen molar-refractivity contribution in [2.24, 2.45) is 11.1 Å². The fourth-order valence-corrected chi connectivity index (χ4v) is 1.60. The molecular formula is C14H29N3O2. The van der Waals surface area contributed by atoms with E-state index in [1.807, 2.05) is 34.6 Å². The van der Waals surface area contributed by atoms with Gasteiger partial charge in [0.05, 0.1) is 12.6 Å².